The third-order valence-electron chi connectivity index (χ3n) is 3.30. The fraction of sp³-hybridized carbons (Fsp3) is 0.538. The smallest absolute Gasteiger partial charge is 0.0412 e. The van der Waals surface area contributed by atoms with Gasteiger partial charge in [0, 0.05) is 24.8 Å². The van der Waals surface area contributed by atoms with Crippen LogP contribution in [0.25, 0.3) is 0 Å². The van der Waals surface area contributed by atoms with Crippen LogP contribution in [0.1, 0.15) is 25.3 Å². The number of benzene rings is 1. The average Bonchev–Trinajstić information content (AvgIpc) is 2.77. The lowest BCUT2D eigenvalue weighted by Gasteiger charge is -2.26. The molecule has 0 amide bonds. The maximum absolute atomic E-state index is 5.79. The highest BCUT2D eigenvalue weighted by Gasteiger charge is 2.23. The van der Waals surface area contributed by atoms with Gasteiger partial charge in [0.05, 0.1) is 0 Å². The number of anilines is 1. The van der Waals surface area contributed by atoms with Crippen LogP contribution in [0, 0.1) is 0 Å². The molecular weight excluding hydrogens is 184 g/mol. The second-order valence-electron chi connectivity index (χ2n) is 4.25. The zero-order chi connectivity index (χ0) is 10.7. The number of aryl methyl sites for hydroxylation is 1. The van der Waals surface area contributed by atoms with Crippen LogP contribution in [0.3, 0.4) is 0 Å². The van der Waals surface area contributed by atoms with Gasteiger partial charge in [0.25, 0.3) is 0 Å². The van der Waals surface area contributed by atoms with Crippen LogP contribution in [-0.4, -0.2) is 19.1 Å². The zero-order valence-corrected chi connectivity index (χ0v) is 9.45. The van der Waals surface area contributed by atoms with Crippen LogP contribution in [0.4, 0.5) is 5.69 Å². The van der Waals surface area contributed by atoms with Gasteiger partial charge in [-0.25, -0.2) is 0 Å². The van der Waals surface area contributed by atoms with E-state index < -0.39 is 0 Å². The maximum atomic E-state index is 5.79. The van der Waals surface area contributed by atoms with Gasteiger partial charge in [0.15, 0.2) is 0 Å². The Morgan fingerprint density at radius 2 is 2.33 bits per heavy atom. The summed E-state index contributed by atoms with van der Waals surface area (Å²) in [4.78, 5) is 2.46. The van der Waals surface area contributed by atoms with Gasteiger partial charge in [-0.05, 0) is 37.0 Å². The Bertz CT molecular complexity index is 322. The first kappa shape index (κ1) is 10.5. The molecule has 1 atom stereocenters. The molecule has 0 saturated carbocycles. The fourth-order valence-electron chi connectivity index (χ4n) is 2.38. The van der Waals surface area contributed by atoms with Gasteiger partial charge in [-0.2, -0.15) is 0 Å². The Morgan fingerprint density at radius 3 is 3.07 bits per heavy atom. The molecule has 1 aliphatic rings. The van der Waals surface area contributed by atoms with E-state index in [0.29, 0.717) is 6.04 Å². The highest BCUT2D eigenvalue weighted by molar-refractivity contribution is 5.50. The van der Waals surface area contributed by atoms with Crippen LogP contribution in [0.2, 0.25) is 0 Å². The number of nitrogens with zero attached hydrogens (tertiary/aromatic N) is 1. The van der Waals surface area contributed by atoms with E-state index in [9.17, 15) is 0 Å². The molecule has 82 valence electrons. The minimum atomic E-state index is 0.553. The van der Waals surface area contributed by atoms with Gasteiger partial charge >= 0.3 is 0 Å². The molecule has 2 rings (SSSR count). The second-order valence-corrected chi connectivity index (χ2v) is 4.25. The van der Waals surface area contributed by atoms with E-state index >= 15 is 0 Å². The van der Waals surface area contributed by atoms with Crippen LogP contribution in [-0.2, 0) is 6.42 Å². The largest absolute Gasteiger partial charge is 0.367 e. The van der Waals surface area contributed by atoms with Gasteiger partial charge in [0.1, 0.15) is 0 Å². The summed E-state index contributed by atoms with van der Waals surface area (Å²) in [5.41, 5.74) is 8.55. The topological polar surface area (TPSA) is 29.3 Å². The van der Waals surface area contributed by atoms with Crippen molar-refractivity contribution in [1.29, 1.82) is 0 Å². The van der Waals surface area contributed by atoms with Crippen molar-refractivity contribution in [2.24, 2.45) is 5.73 Å². The Kier molecular flexibility index (Phi) is 3.27. The van der Waals surface area contributed by atoms with E-state index in [4.69, 9.17) is 5.73 Å². The van der Waals surface area contributed by atoms with Crippen molar-refractivity contribution in [1.82, 2.24) is 0 Å². The lowest BCUT2D eigenvalue weighted by molar-refractivity contribution is 0.677. The van der Waals surface area contributed by atoms with Gasteiger partial charge in [0.2, 0.25) is 0 Å². The summed E-state index contributed by atoms with van der Waals surface area (Å²) in [6.45, 7) is 4.13. The van der Waals surface area contributed by atoms with E-state index in [0.717, 1.165) is 19.5 Å². The summed E-state index contributed by atoms with van der Waals surface area (Å²) in [6.07, 6.45) is 3.63. The van der Waals surface area contributed by atoms with Gasteiger partial charge in [-0.15, -0.1) is 0 Å². The van der Waals surface area contributed by atoms with Crippen LogP contribution in [0.15, 0.2) is 24.3 Å². The molecule has 1 saturated heterocycles. The molecule has 1 unspecified atom stereocenters. The van der Waals surface area contributed by atoms with Crippen molar-refractivity contribution in [3.8, 4) is 0 Å². The predicted molar refractivity (Wildman–Crippen MR) is 65.2 cm³/mol. The second kappa shape index (κ2) is 4.67. The highest BCUT2D eigenvalue weighted by atomic mass is 15.2. The van der Waals surface area contributed by atoms with E-state index in [1.54, 1.807) is 0 Å². The van der Waals surface area contributed by atoms with E-state index in [1.165, 1.54) is 24.1 Å². The molecule has 0 bridgehead atoms. The standard InChI is InChI=1S/C13H20N2/c1-2-11-5-3-6-12(9-11)15-8-4-7-13(15)10-14/h3,5-6,9,13H,2,4,7-8,10,14H2,1H3. The van der Waals surface area contributed by atoms with Crippen molar-refractivity contribution in [2.75, 3.05) is 18.0 Å². The molecular formula is C13H20N2. The van der Waals surface area contributed by atoms with Crippen molar-refractivity contribution in [3.05, 3.63) is 29.8 Å². The lowest BCUT2D eigenvalue weighted by atomic mass is 10.1. The van der Waals surface area contributed by atoms with E-state index in [2.05, 4.69) is 36.1 Å². The molecule has 1 aromatic rings. The number of hydrogen-bond acceptors (Lipinski definition) is 2. The van der Waals surface area contributed by atoms with E-state index in [-0.39, 0.29) is 0 Å². The Morgan fingerprint density at radius 1 is 1.47 bits per heavy atom. The molecule has 1 fully saturated rings. The number of rotatable bonds is 3. The summed E-state index contributed by atoms with van der Waals surface area (Å²) in [5, 5.41) is 0. The average molecular weight is 204 g/mol. The molecule has 2 heteroatoms. The summed E-state index contributed by atoms with van der Waals surface area (Å²) in [5.74, 6) is 0. The Hall–Kier alpha value is -1.02. The Labute approximate surface area is 92.1 Å². The number of nitrogens with two attached hydrogens (primary N) is 1. The van der Waals surface area contributed by atoms with Crippen LogP contribution < -0.4 is 10.6 Å². The maximum Gasteiger partial charge on any atom is 0.0412 e. The van der Waals surface area contributed by atoms with Crippen LogP contribution in [0.5, 0.6) is 0 Å². The van der Waals surface area contributed by atoms with Gasteiger partial charge in [-0.1, -0.05) is 19.1 Å². The molecule has 2 N–H and O–H groups in total. The van der Waals surface area contributed by atoms with Gasteiger partial charge < -0.3 is 10.6 Å². The molecule has 1 heterocycles. The summed E-state index contributed by atoms with van der Waals surface area (Å²) >= 11 is 0. The highest BCUT2D eigenvalue weighted by Crippen LogP contribution is 2.25. The van der Waals surface area contributed by atoms with Crippen molar-refractivity contribution in [2.45, 2.75) is 32.2 Å². The lowest BCUT2D eigenvalue weighted by Crippen LogP contribution is -2.35. The molecule has 2 nitrogen and oxygen atoms in total. The van der Waals surface area contributed by atoms with Crippen molar-refractivity contribution < 1.29 is 0 Å². The number of hydrogen-bond donors (Lipinski definition) is 1. The first-order chi connectivity index (χ1) is 7.35. The monoisotopic (exact) mass is 204 g/mol. The summed E-state index contributed by atoms with van der Waals surface area (Å²) < 4.78 is 0. The predicted octanol–water partition coefficient (Wildman–Crippen LogP) is 2.18. The van der Waals surface area contributed by atoms with Crippen molar-refractivity contribution in [3.63, 3.8) is 0 Å². The zero-order valence-electron chi connectivity index (χ0n) is 9.45. The first-order valence-electron chi connectivity index (χ1n) is 5.90. The molecule has 0 aliphatic carbocycles. The van der Waals surface area contributed by atoms with E-state index in [1.807, 2.05) is 0 Å². The molecule has 1 aliphatic heterocycles. The summed E-state index contributed by atoms with van der Waals surface area (Å²) in [6, 6.07) is 9.40. The SMILES string of the molecule is CCc1cccc(N2CCCC2CN)c1. The fourth-order valence-corrected chi connectivity index (χ4v) is 2.38. The summed E-state index contributed by atoms with van der Waals surface area (Å²) in [7, 11) is 0. The first-order valence-corrected chi connectivity index (χ1v) is 5.90. The van der Waals surface area contributed by atoms with Gasteiger partial charge in [-0.3, -0.25) is 0 Å². The quantitative estimate of drug-likeness (QED) is 0.817. The third-order valence-corrected chi connectivity index (χ3v) is 3.30. The molecule has 0 spiro atoms. The molecule has 1 aromatic carbocycles. The minimum Gasteiger partial charge on any atom is -0.367 e. The molecule has 0 aromatic heterocycles. The normalized spacial score (nSPS) is 20.9. The minimum absolute atomic E-state index is 0.553. The molecule has 15 heavy (non-hydrogen) atoms. The Balaban J connectivity index is 2.20. The van der Waals surface area contributed by atoms with Crippen molar-refractivity contribution >= 4 is 5.69 Å². The third kappa shape index (κ3) is 2.15. The van der Waals surface area contributed by atoms with Crippen LogP contribution >= 0.6 is 0 Å². The molecule has 0 radical (unpaired) electrons.